The smallest absolute Gasteiger partial charge is 0.247 e. The number of hydrogen-bond acceptors (Lipinski definition) is 7. The summed E-state index contributed by atoms with van der Waals surface area (Å²) in [5.74, 6) is -2.96. The van der Waals surface area contributed by atoms with Crippen LogP contribution in [-0.4, -0.2) is 60.8 Å². The molecule has 0 saturated carbocycles. The summed E-state index contributed by atoms with van der Waals surface area (Å²) in [6.07, 6.45) is 0.367. The molecule has 2 unspecified atom stereocenters. The highest BCUT2D eigenvalue weighted by Crippen LogP contribution is 2.18. The van der Waals surface area contributed by atoms with Gasteiger partial charge in [0.2, 0.25) is 11.8 Å². The Morgan fingerprint density at radius 1 is 1.33 bits per heavy atom. The second-order valence-corrected chi connectivity index (χ2v) is 7.37. The summed E-state index contributed by atoms with van der Waals surface area (Å²) in [4.78, 5) is 47.3. The van der Waals surface area contributed by atoms with Gasteiger partial charge in [-0.05, 0) is 6.92 Å². The van der Waals surface area contributed by atoms with Crippen LogP contribution in [0.2, 0.25) is 0 Å². The number of ketones is 2. The molecule has 1 saturated heterocycles. The summed E-state index contributed by atoms with van der Waals surface area (Å²) in [7, 11) is -3.60. The number of hydrogen-bond donors (Lipinski definition) is 1. The second kappa shape index (κ2) is 6.44. The molecule has 0 bridgehead atoms. The van der Waals surface area contributed by atoms with Gasteiger partial charge in [-0.1, -0.05) is 0 Å². The first-order valence-corrected chi connectivity index (χ1v) is 8.40. The first-order chi connectivity index (χ1) is 9.53. The van der Waals surface area contributed by atoms with E-state index in [9.17, 15) is 27.6 Å². The fourth-order valence-corrected chi connectivity index (χ4v) is 2.98. The third-order valence-corrected chi connectivity index (χ3v) is 4.01. The predicted molar refractivity (Wildman–Crippen MR) is 72.9 cm³/mol. The third kappa shape index (κ3) is 4.71. The molecule has 1 aliphatic rings. The van der Waals surface area contributed by atoms with E-state index in [0.717, 1.165) is 6.26 Å². The molecule has 118 valence electrons. The summed E-state index contributed by atoms with van der Waals surface area (Å²) < 4.78 is 22.9. The maximum atomic E-state index is 12.1. The first-order valence-electron chi connectivity index (χ1n) is 6.34. The number of sulfone groups is 1. The minimum absolute atomic E-state index is 0.0681. The van der Waals surface area contributed by atoms with E-state index in [1.165, 1.54) is 6.92 Å². The zero-order valence-electron chi connectivity index (χ0n) is 11.9. The molecule has 21 heavy (non-hydrogen) atoms. The predicted octanol–water partition coefficient (Wildman–Crippen LogP) is -1.58. The number of Topliss-reactive ketones (excluding diaryl/α,β-unsaturated/α-hetero) is 2. The van der Waals surface area contributed by atoms with Gasteiger partial charge in [0.15, 0.2) is 5.78 Å². The minimum Gasteiger partial charge on any atom is -0.319 e. The molecule has 2 N–H and O–H groups in total. The van der Waals surface area contributed by atoms with E-state index in [0.29, 0.717) is 4.90 Å². The standard InChI is InChI=1S/C12H18N2O6S/c1-7(15)3-4-10(16)9(6-21(2,19)20)14-11(17)5-8(13)12(14)18/h8-9H,3-6,13H2,1-2H3. The van der Waals surface area contributed by atoms with Gasteiger partial charge in [0.1, 0.15) is 21.7 Å². The number of rotatable bonds is 7. The van der Waals surface area contributed by atoms with Gasteiger partial charge in [-0.15, -0.1) is 0 Å². The Kier molecular flexibility index (Phi) is 5.35. The van der Waals surface area contributed by atoms with E-state index in [-0.39, 0.29) is 25.0 Å². The van der Waals surface area contributed by atoms with Crippen LogP contribution < -0.4 is 5.73 Å². The van der Waals surface area contributed by atoms with Crippen molar-refractivity contribution in [3.63, 3.8) is 0 Å². The van der Waals surface area contributed by atoms with Crippen molar-refractivity contribution in [1.82, 2.24) is 4.90 Å². The van der Waals surface area contributed by atoms with E-state index < -0.39 is 45.3 Å². The average Bonchev–Trinajstić information content (AvgIpc) is 2.56. The molecule has 8 nitrogen and oxygen atoms in total. The SMILES string of the molecule is CC(=O)CCC(=O)C(CS(C)(=O)=O)N1C(=O)CC(N)C1=O. The average molecular weight is 318 g/mol. The van der Waals surface area contributed by atoms with Gasteiger partial charge in [0.25, 0.3) is 0 Å². The molecule has 0 aliphatic carbocycles. The number of carbonyl (C=O) groups is 4. The number of imide groups is 1. The zero-order chi connectivity index (χ0) is 16.4. The zero-order valence-corrected chi connectivity index (χ0v) is 12.7. The molecule has 0 radical (unpaired) electrons. The summed E-state index contributed by atoms with van der Waals surface area (Å²) >= 11 is 0. The number of amides is 2. The number of likely N-dealkylation sites (tertiary alicyclic amines) is 1. The van der Waals surface area contributed by atoms with Gasteiger partial charge in [0, 0.05) is 19.1 Å². The third-order valence-electron chi connectivity index (χ3n) is 3.09. The second-order valence-electron chi connectivity index (χ2n) is 5.19. The van der Waals surface area contributed by atoms with Gasteiger partial charge in [-0.2, -0.15) is 0 Å². The van der Waals surface area contributed by atoms with E-state index in [2.05, 4.69) is 0 Å². The van der Waals surface area contributed by atoms with Crippen molar-refractivity contribution in [1.29, 1.82) is 0 Å². The molecule has 1 aliphatic heterocycles. The lowest BCUT2D eigenvalue weighted by Crippen LogP contribution is -2.50. The van der Waals surface area contributed by atoms with Gasteiger partial charge < -0.3 is 10.5 Å². The molecule has 1 heterocycles. The Morgan fingerprint density at radius 2 is 1.90 bits per heavy atom. The Labute approximate surface area is 122 Å². The lowest BCUT2D eigenvalue weighted by molar-refractivity contribution is -0.145. The fraction of sp³-hybridized carbons (Fsp3) is 0.667. The topological polar surface area (TPSA) is 132 Å². The molecule has 0 aromatic carbocycles. The van der Waals surface area contributed by atoms with Gasteiger partial charge in [-0.3, -0.25) is 19.3 Å². The van der Waals surface area contributed by atoms with Crippen LogP contribution >= 0.6 is 0 Å². The number of carbonyl (C=O) groups excluding carboxylic acids is 4. The summed E-state index contributed by atoms with van der Waals surface area (Å²) in [5.41, 5.74) is 5.46. The number of nitrogens with two attached hydrogens (primary N) is 1. The van der Waals surface area contributed by atoms with Crippen LogP contribution in [0.25, 0.3) is 0 Å². The van der Waals surface area contributed by atoms with Gasteiger partial charge in [0.05, 0.1) is 18.2 Å². The van der Waals surface area contributed by atoms with Crippen molar-refractivity contribution in [3.05, 3.63) is 0 Å². The normalized spacial score (nSPS) is 20.7. The molecular formula is C12H18N2O6S. The van der Waals surface area contributed by atoms with Gasteiger partial charge >= 0.3 is 0 Å². The molecule has 9 heteroatoms. The van der Waals surface area contributed by atoms with Crippen LogP contribution in [0.1, 0.15) is 26.2 Å². The minimum atomic E-state index is -3.60. The quantitative estimate of drug-likeness (QED) is 0.560. The summed E-state index contributed by atoms with van der Waals surface area (Å²) in [6, 6.07) is -2.46. The van der Waals surface area contributed by atoms with E-state index >= 15 is 0 Å². The van der Waals surface area contributed by atoms with Crippen LogP contribution in [0.15, 0.2) is 0 Å². The maximum absolute atomic E-state index is 12.1. The largest absolute Gasteiger partial charge is 0.319 e. The fourth-order valence-electron chi connectivity index (χ4n) is 2.07. The van der Waals surface area contributed by atoms with Gasteiger partial charge in [-0.25, -0.2) is 8.42 Å². The Morgan fingerprint density at radius 3 is 2.29 bits per heavy atom. The van der Waals surface area contributed by atoms with Crippen LogP contribution in [0.5, 0.6) is 0 Å². The molecule has 1 fully saturated rings. The Bertz CT molecular complexity index is 583. The highest BCUT2D eigenvalue weighted by Gasteiger charge is 2.44. The van der Waals surface area contributed by atoms with Crippen molar-refractivity contribution in [2.75, 3.05) is 12.0 Å². The molecular weight excluding hydrogens is 300 g/mol. The molecule has 0 aromatic heterocycles. The molecule has 1 rings (SSSR count). The summed E-state index contributed by atoms with van der Waals surface area (Å²) in [5, 5.41) is 0. The van der Waals surface area contributed by atoms with Crippen molar-refractivity contribution < 1.29 is 27.6 Å². The highest BCUT2D eigenvalue weighted by molar-refractivity contribution is 7.90. The van der Waals surface area contributed by atoms with E-state index in [1.807, 2.05) is 0 Å². The van der Waals surface area contributed by atoms with Crippen LogP contribution in [0, 0.1) is 0 Å². The first kappa shape index (κ1) is 17.4. The molecule has 2 atom stereocenters. The maximum Gasteiger partial charge on any atom is 0.247 e. The van der Waals surface area contributed by atoms with Crippen molar-refractivity contribution in [2.45, 2.75) is 38.3 Å². The molecule has 0 aromatic rings. The molecule has 0 spiro atoms. The van der Waals surface area contributed by atoms with Crippen molar-refractivity contribution in [2.24, 2.45) is 5.73 Å². The Hall–Kier alpha value is -1.61. The van der Waals surface area contributed by atoms with Crippen LogP contribution in [-0.2, 0) is 29.0 Å². The van der Waals surface area contributed by atoms with Crippen LogP contribution in [0.4, 0.5) is 0 Å². The number of nitrogens with zero attached hydrogens (tertiary/aromatic N) is 1. The lowest BCUT2D eigenvalue weighted by atomic mass is 10.1. The van der Waals surface area contributed by atoms with Crippen LogP contribution in [0.3, 0.4) is 0 Å². The Balaban J connectivity index is 3.02. The summed E-state index contributed by atoms with van der Waals surface area (Å²) in [6.45, 7) is 1.29. The van der Waals surface area contributed by atoms with Crippen molar-refractivity contribution >= 4 is 33.2 Å². The van der Waals surface area contributed by atoms with Crippen molar-refractivity contribution in [3.8, 4) is 0 Å². The van der Waals surface area contributed by atoms with E-state index in [1.54, 1.807) is 0 Å². The molecule has 2 amide bonds. The highest BCUT2D eigenvalue weighted by atomic mass is 32.2. The lowest BCUT2D eigenvalue weighted by Gasteiger charge is -2.24. The van der Waals surface area contributed by atoms with E-state index in [4.69, 9.17) is 5.73 Å². The monoisotopic (exact) mass is 318 g/mol.